The first kappa shape index (κ1) is 16.3. The van der Waals surface area contributed by atoms with Gasteiger partial charge in [0, 0.05) is 17.4 Å². The molecule has 24 heavy (non-hydrogen) atoms. The highest BCUT2D eigenvalue weighted by atomic mass is 16.5. The average Bonchev–Trinajstić information content (AvgIpc) is 2.52. The molecule has 2 fully saturated rings. The highest BCUT2D eigenvalue weighted by Gasteiger charge is 2.67. The zero-order valence-electron chi connectivity index (χ0n) is 15.7. The number of aromatic hydroxyl groups is 1. The fourth-order valence-electron chi connectivity index (χ4n) is 6.15. The second kappa shape index (κ2) is 5.41. The zero-order chi connectivity index (χ0) is 17.1. The summed E-state index contributed by atoms with van der Waals surface area (Å²) in [4.78, 5) is 0. The second-order valence-electron chi connectivity index (χ2n) is 9.22. The predicted molar refractivity (Wildman–Crippen MR) is 97.7 cm³/mol. The maximum atomic E-state index is 10.8. The molecule has 2 nitrogen and oxygen atoms in total. The number of benzene rings is 1. The first-order valence-corrected chi connectivity index (χ1v) is 9.93. The van der Waals surface area contributed by atoms with Gasteiger partial charge in [-0.1, -0.05) is 33.6 Å². The lowest BCUT2D eigenvalue weighted by atomic mass is 9.39. The van der Waals surface area contributed by atoms with Gasteiger partial charge < -0.3 is 9.84 Å². The SMILES string of the molecule is CCCCCc1cc(O)c2c(c1)O[C@]1(C)CCCC3[C@@H]1C2C3(C)C. The van der Waals surface area contributed by atoms with Crippen LogP contribution in [0.1, 0.15) is 83.3 Å². The molecule has 4 atom stereocenters. The van der Waals surface area contributed by atoms with Crippen LogP contribution in [-0.4, -0.2) is 10.7 Å². The second-order valence-corrected chi connectivity index (χ2v) is 9.22. The third-order valence-corrected chi connectivity index (χ3v) is 7.35. The standard InChI is InChI=1S/C22H32O2/c1-5-6-7-9-14-12-16(23)18-17(13-14)24-22(4)11-8-10-15-19(22)20(18)21(15,2)3/h12-13,15,19-20,23H,5-11H2,1-4H3/t15?,19-,20?,22-/m1/s1. The number of hydrogen-bond donors (Lipinski definition) is 1. The van der Waals surface area contributed by atoms with Crippen molar-refractivity contribution in [2.45, 2.75) is 84.2 Å². The van der Waals surface area contributed by atoms with Crippen molar-refractivity contribution in [1.29, 1.82) is 0 Å². The number of aryl methyl sites for hydroxylation is 1. The van der Waals surface area contributed by atoms with Crippen LogP contribution in [-0.2, 0) is 6.42 Å². The summed E-state index contributed by atoms with van der Waals surface area (Å²) < 4.78 is 6.59. The molecule has 2 heteroatoms. The van der Waals surface area contributed by atoms with Crippen LogP contribution in [0.15, 0.2) is 12.1 Å². The van der Waals surface area contributed by atoms with Gasteiger partial charge in [-0.2, -0.15) is 0 Å². The largest absolute Gasteiger partial charge is 0.508 e. The van der Waals surface area contributed by atoms with E-state index in [9.17, 15) is 5.11 Å². The Balaban J connectivity index is 1.73. The lowest BCUT2D eigenvalue weighted by molar-refractivity contribution is -0.189. The molecule has 1 aromatic rings. The van der Waals surface area contributed by atoms with Gasteiger partial charge in [-0.05, 0) is 68.1 Å². The highest BCUT2D eigenvalue weighted by Crippen LogP contribution is 2.72. The quantitative estimate of drug-likeness (QED) is 0.706. The van der Waals surface area contributed by atoms with E-state index in [4.69, 9.17) is 4.74 Å². The topological polar surface area (TPSA) is 29.5 Å². The van der Waals surface area contributed by atoms with Gasteiger partial charge >= 0.3 is 0 Å². The van der Waals surface area contributed by atoms with Crippen LogP contribution in [0.3, 0.4) is 0 Å². The normalized spacial score (nSPS) is 35.4. The molecule has 1 aliphatic heterocycles. The van der Waals surface area contributed by atoms with Crippen LogP contribution in [0.5, 0.6) is 11.5 Å². The van der Waals surface area contributed by atoms with Crippen molar-refractivity contribution in [2.24, 2.45) is 17.3 Å². The van der Waals surface area contributed by atoms with Gasteiger partial charge in [0.25, 0.3) is 0 Å². The molecule has 0 spiro atoms. The molecule has 2 saturated carbocycles. The molecule has 0 aromatic heterocycles. The van der Waals surface area contributed by atoms with Gasteiger partial charge in [0.05, 0.1) is 0 Å². The molecule has 3 aliphatic rings. The summed E-state index contributed by atoms with van der Waals surface area (Å²) in [5, 5.41) is 10.8. The summed E-state index contributed by atoms with van der Waals surface area (Å²) in [6, 6.07) is 4.23. The number of hydrogen-bond acceptors (Lipinski definition) is 2. The van der Waals surface area contributed by atoms with E-state index in [0.29, 0.717) is 17.6 Å². The van der Waals surface area contributed by atoms with E-state index in [1.54, 1.807) is 0 Å². The molecule has 0 bridgehead atoms. The van der Waals surface area contributed by atoms with Crippen LogP contribution in [0.25, 0.3) is 0 Å². The Morgan fingerprint density at radius 3 is 2.75 bits per heavy atom. The van der Waals surface area contributed by atoms with Crippen LogP contribution in [0.4, 0.5) is 0 Å². The predicted octanol–water partition coefficient (Wildman–Crippen LogP) is 5.82. The minimum absolute atomic E-state index is 0.0371. The fourth-order valence-corrected chi connectivity index (χ4v) is 6.15. The Labute approximate surface area is 146 Å². The van der Waals surface area contributed by atoms with Crippen molar-refractivity contribution in [3.05, 3.63) is 23.3 Å². The van der Waals surface area contributed by atoms with Crippen molar-refractivity contribution < 1.29 is 9.84 Å². The van der Waals surface area contributed by atoms with Crippen molar-refractivity contribution >= 4 is 0 Å². The number of unbranched alkanes of at least 4 members (excludes halogenated alkanes) is 2. The summed E-state index contributed by atoms with van der Waals surface area (Å²) in [5.74, 6) is 3.20. The number of fused-ring (bicyclic) bond motifs is 2. The summed E-state index contributed by atoms with van der Waals surface area (Å²) in [6.07, 6.45) is 8.44. The summed E-state index contributed by atoms with van der Waals surface area (Å²) in [6.45, 7) is 9.34. The molecule has 1 N–H and O–H groups in total. The van der Waals surface area contributed by atoms with Crippen molar-refractivity contribution in [2.75, 3.05) is 0 Å². The molecule has 1 heterocycles. The molecule has 0 saturated heterocycles. The van der Waals surface area contributed by atoms with E-state index in [1.807, 2.05) is 6.07 Å². The Hall–Kier alpha value is -1.18. The van der Waals surface area contributed by atoms with Crippen LogP contribution in [0, 0.1) is 17.3 Å². The smallest absolute Gasteiger partial charge is 0.127 e. The Bertz CT molecular complexity index is 648. The van der Waals surface area contributed by atoms with E-state index in [2.05, 4.69) is 33.8 Å². The Morgan fingerprint density at radius 1 is 1.21 bits per heavy atom. The van der Waals surface area contributed by atoms with Crippen LogP contribution in [0.2, 0.25) is 0 Å². The molecule has 2 aliphatic carbocycles. The van der Waals surface area contributed by atoms with Crippen molar-refractivity contribution in [3.8, 4) is 11.5 Å². The monoisotopic (exact) mass is 328 g/mol. The van der Waals surface area contributed by atoms with E-state index in [-0.39, 0.29) is 11.0 Å². The molecule has 4 rings (SSSR count). The lowest BCUT2D eigenvalue weighted by Gasteiger charge is -2.68. The third kappa shape index (κ3) is 2.14. The molecule has 0 amide bonds. The van der Waals surface area contributed by atoms with Crippen LogP contribution >= 0.6 is 0 Å². The van der Waals surface area contributed by atoms with Gasteiger partial charge in [-0.25, -0.2) is 0 Å². The van der Waals surface area contributed by atoms with Gasteiger partial charge in [0.1, 0.15) is 17.1 Å². The minimum atomic E-state index is -0.0371. The number of ether oxygens (including phenoxy) is 1. The lowest BCUT2D eigenvalue weighted by Crippen LogP contribution is -2.66. The Kier molecular flexibility index (Phi) is 3.67. The van der Waals surface area contributed by atoms with Gasteiger partial charge in [-0.3, -0.25) is 0 Å². The first-order valence-electron chi connectivity index (χ1n) is 9.93. The third-order valence-electron chi connectivity index (χ3n) is 7.35. The number of phenolic OH excluding ortho intramolecular Hbond substituents is 1. The highest BCUT2D eigenvalue weighted by molar-refractivity contribution is 5.54. The summed E-state index contributed by atoms with van der Waals surface area (Å²) in [5.41, 5.74) is 2.56. The number of rotatable bonds is 4. The van der Waals surface area contributed by atoms with Crippen LogP contribution < -0.4 is 4.74 Å². The molecule has 0 radical (unpaired) electrons. The minimum Gasteiger partial charge on any atom is -0.508 e. The Morgan fingerprint density at radius 2 is 2.00 bits per heavy atom. The van der Waals surface area contributed by atoms with Gasteiger partial charge in [-0.15, -0.1) is 0 Å². The van der Waals surface area contributed by atoms with Gasteiger partial charge in [0.15, 0.2) is 0 Å². The zero-order valence-corrected chi connectivity index (χ0v) is 15.7. The molecule has 2 unspecified atom stereocenters. The van der Waals surface area contributed by atoms with E-state index in [1.165, 1.54) is 37.7 Å². The van der Waals surface area contributed by atoms with E-state index in [0.717, 1.165) is 30.1 Å². The fraction of sp³-hybridized carbons (Fsp3) is 0.727. The number of phenols is 1. The first-order chi connectivity index (χ1) is 11.4. The average molecular weight is 328 g/mol. The maximum absolute atomic E-state index is 10.8. The van der Waals surface area contributed by atoms with E-state index < -0.39 is 0 Å². The van der Waals surface area contributed by atoms with Crippen molar-refractivity contribution in [1.82, 2.24) is 0 Å². The van der Waals surface area contributed by atoms with Crippen molar-refractivity contribution in [3.63, 3.8) is 0 Å². The maximum Gasteiger partial charge on any atom is 0.127 e. The summed E-state index contributed by atoms with van der Waals surface area (Å²) in [7, 11) is 0. The van der Waals surface area contributed by atoms with Gasteiger partial charge in [0.2, 0.25) is 0 Å². The molecule has 1 aromatic carbocycles. The molecular weight excluding hydrogens is 296 g/mol. The summed E-state index contributed by atoms with van der Waals surface area (Å²) >= 11 is 0. The molecule has 132 valence electrons. The van der Waals surface area contributed by atoms with E-state index >= 15 is 0 Å². The molecular formula is C22H32O2.